The van der Waals surface area contributed by atoms with Crippen molar-refractivity contribution in [3.8, 4) is 0 Å². The van der Waals surface area contributed by atoms with E-state index in [1.807, 2.05) is 78.9 Å². The van der Waals surface area contributed by atoms with Gasteiger partial charge in [-0.25, -0.2) is 9.59 Å². The Hall–Kier alpha value is -3.80. The van der Waals surface area contributed by atoms with Crippen LogP contribution in [0.4, 0.5) is 4.79 Å². The van der Waals surface area contributed by atoms with Crippen molar-refractivity contribution in [2.45, 2.75) is 69.9 Å². The summed E-state index contributed by atoms with van der Waals surface area (Å²) in [7, 11) is 3.06. The first kappa shape index (κ1) is 34.5. The molecule has 0 saturated carbocycles. The maximum Gasteiger partial charge on any atom is 0.328 e. The third kappa shape index (κ3) is 9.18. The minimum Gasteiger partial charge on any atom is -0.467 e. The summed E-state index contributed by atoms with van der Waals surface area (Å²) in [4.78, 5) is 27.6. The van der Waals surface area contributed by atoms with E-state index in [9.17, 15) is 14.7 Å². The molecule has 3 aromatic rings. The number of rotatable bonds is 13. The molecule has 3 N–H and O–H groups in total. The van der Waals surface area contributed by atoms with Gasteiger partial charge in [-0.2, -0.15) is 0 Å². The lowest BCUT2D eigenvalue weighted by atomic mass is 9.90. The van der Waals surface area contributed by atoms with Gasteiger partial charge in [-0.3, -0.25) is 4.90 Å². The zero-order valence-corrected chi connectivity index (χ0v) is 27.5. The molecule has 0 radical (unpaired) electrons. The fourth-order valence-corrected chi connectivity index (χ4v) is 6.45. The van der Waals surface area contributed by atoms with Crippen molar-refractivity contribution in [1.82, 2.24) is 15.5 Å². The maximum atomic E-state index is 12.7. The number of hydrogen-bond donors (Lipinski definition) is 3. The maximum absolute atomic E-state index is 12.7. The molecule has 3 aromatic carbocycles. The molecular weight excluding hydrogens is 598 g/mol. The monoisotopic (exact) mass is 645 g/mol. The molecule has 10 heteroatoms. The summed E-state index contributed by atoms with van der Waals surface area (Å²) in [5.74, 6) is -0.414. The highest BCUT2D eigenvalue weighted by Gasteiger charge is 2.40. The molecule has 2 fully saturated rings. The van der Waals surface area contributed by atoms with E-state index in [0.29, 0.717) is 19.1 Å². The molecule has 2 amide bonds. The zero-order chi connectivity index (χ0) is 33.2. The molecule has 47 heavy (non-hydrogen) atoms. The number of urea groups is 1. The first-order chi connectivity index (χ1) is 22.9. The Morgan fingerprint density at radius 1 is 0.936 bits per heavy atom. The van der Waals surface area contributed by atoms with Crippen LogP contribution in [0.5, 0.6) is 0 Å². The number of ether oxygens (including phenoxy) is 4. The summed E-state index contributed by atoms with van der Waals surface area (Å²) in [5, 5.41) is 15.1. The van der Waals surface area contributed by atoms with Crippen molar-refractivity contribution < 1.29 is 33.6 Å². The Kier molecular flexibility index (Phi) is 12.4. The van der Waals surface area contributed by atoms with Crippen LogP contribution in [0.2, 0.25) is 0 Å². The van der Waals surface area contributed by atoms with Crippen LogP contribution in [0, 0.1) is 5.92 Å². The standard InChI is InChI=1S/C37H47N3O7/c1-25-33(22-40-19-7-10-31(40)24-44-2)46-36(47-34(25)29-15-13-28(23-41)14-16-29)30-17-11-27(12-18-30)21-38-37(43)39-32(35(42)45-3)20-26-8-5-4-6-9-26/h4-6,8-9,11-18,25,31-34,36,41H,7,10,19-24H2,1-3H3,(H2,38,39,43). The predicted molar refractivity (Wildman–Crippen MR) is 177 cm³/mol. The molecule has 2 heterocycles. The van der Waals surface area contributed by atoms with Crippen LogP contribution in [-0.2, 0) is 43.3 Å². The van der Waals surface area contributed by atoms with Gasteiger partial charge >= 0.3 is 12.0 Å². The van der Waals surface area contributed by atoms with Gasteiger partial charge in [0.05, 0.1) is 32.5 Å². The number of carbonyl (C=O) groups is 2. The molecule has 5 rings (SSSR count). The van der Waals surface area contributed by atoms with Gasteiger partial charge in [0.15, 0.2) is 6.29 Å². The molecule has 252 valence electrons. The Balaban J connectivity index is 1.24. The van der Waals surface area contributed by atoms with Gasteiger partial charge in [-0.15, -0.1) is 0 Å². The summed E-state index contributed by atoms with van der Waals surface area (Å²) < 4.78 is 23.7. The summed E-state index contributed by atoms with van der Waals surface area (Å²) in [6.45, 7) is 4.95. The van der Waals surface area contributed by atoms with Gasteiger partial charge in [0.1, 0.15) is 6.04 Å². The highest BCUT2D eigenvalue weighted by Crippen LogP contribution is 2.42. The molecule has 6 unspecified atom stereocenters. The molecular formula is C37H47N3O7. The van der Waals surface area contributed by atoms with Crippen molar-refractivity contribution in [2.24, 2.45) is 5.92 Å². The second-order valence-electron chi connectivity index (χ2n) is 12.4. The van der Waals surface area contributed by atoms with Gasteiger partial charge in [-0.1, -0.05) is 85.8 Å². The fourth-order valence-electron chi connectivity index (χ4n) is 6.45. The van der Waals surface area contributed by atoms with Crippen LogP contribution in [0.1, 0.15) is 60.0 Å². The Morgan fingerprint density at radius 2 is 1.64 bits per heavy atom. The first-order valence-corrected chi connectivity index (χ1v) is 16.4. The average Bonchev–Trinajstić information content (AvgIpc) is 3.54. The van der Waals surface area contributed by atoms with Crippen molar-refractivity contribution in [3.05, 3.63) is 107 Å². The number of amides is 2. The fraction of sp³-hybridized carbons (Fsp3) is 0.459. The molecule has 2 aliphatic rings. The number of hydrogen-bond acceptors (Lipinski definition) is 8. The summed E-state index contributed by atoms with van der Waals surface area (Å²) in [5.41, 5.74) is 4.60. The number of esters is 1. The number of nitrogens with one attached hydrogen (secondary N) is 2. The third-order valence-electron chi connectivity index (χ3n) is 9.17. The smallest absolute Gasteiger partial charge is 0.328 e. The van der Waals surface area contributed by atoms with E-state index in [1.165, 1.54) is 7.11 Å². The van der Waals surface area contributed by atoms with Crippen LogP contribution in [0.3, 0.4) is 0 Å². The molecule has 0 aliphatic carbocycles. The first-order valence-electron chi connectivity index (χ1n) is 16.4. The van der Waals surface area contributed by atoms with Crippen molar-refractivity contribution in [2.75, 3.05) is 33.9 Å². The van der Waals surface area contributed by atoms with Gasteiger partial charge < -0.3 is 34.7 Å². The number of aliphatic hydroxyl groups excluding tert-OH is 1. The van der Waals surface area contributed by atoms with Crippen LogP contribution in [-0.4, -0.2) is 74.1 Å². The van der Waals surface area contributed by atoms with E-state index >= 15 is 0 Å². The molecule has 2 saturated heterocycles. The molecule has 0 aromatic heterocycles. The number of methoxy groups -OCH3 is 2. The lowest BCUT2D eigenvalue weighted by molar-refractivity contribution is -0.276. The van der Waals surface area contributed by atoms with Crippen LogP contribution < -0.4 is 10.6 Å². The molecule has 2 aliphatic heterocycles. The number of carbonyl (C=O) groups excluding carboxylic acids is 2. The summed E-state index contributed by atoms with van der Waals surface area (Å²) >= 11 is 0. The zero-order valence-electron chi connectivity index (χ0n) is 27.5. The van der Waals surface area contributed by atoms with Gasteiger partial charge in [0, 0.05) is 44.1 Å². The SMILES string of the molecule is COCC1CCCN1CC1OC(c2ccc(CNC(=O)NC(Cc3ccccc3)C(=O)OC)cc2)OC(c2ccc(CO)cc2)C1C. The number of likely N-dealkylation sites (tertiary alicyclic amines) is 1. The minimum absolute atomic E-state index is 0.00597. The average molecular weight is 646 g/mol. The highest BCUT2D eigenvalue weighted by molar-refractivity contribution is 5.83. The van der Waals surface area contributed by atoms with Crippen molar-refractivity contribution >= 4 is 12.0 Å². The molecule has 6 atom stereocenters. The topological polar surface area (TPSA) is 119 Å². The van der Waals surface area contributed by atoms with Gasteiger partial charge in [0.2, 0.25) is 0 Å². The lowest BCUT2D eigenvalue weighted by Gasteiger charge is -2.43. The van der Waals surface area contributed by atoms with Crippen LogP contribution >= 0.6 is 0 Å². The summed E-state index contributed by atoms with van der Waals surface area (Å²) in [6, 6.07) is 24.3. The van der Waals surface area contributed by atoms with E-state index in [2.05, 4.69) is 22.5 Å². The van der Waals surface area contributed by atoms with Gasteiger partial charge in [0.25, 0.3) is 0 Å². The number of benzene rings is 3. The normalized spacial score (nSPS) is 23.6. The van der Waals surface area contributed by atoms with Crippen LogP contribution in [0.25, 0.3) is 0 Å². The second kappa shape index (κ2) is 16.9. The quantitative estimate of drug-likeness (QED) is 0.230. The molecule has 0 bridgehead atoms. The predicted octanol–water partition coefficient (Wildman–Crippen LogP) is 4.66. The van der Waals surface area contributed by atoms with E-state index in [4.69, 9.17) is 18.9 Å². The van der Waals surface area contributed by atoms with Crippen molar-refractivity contribution in [1.29, 1.82) is 0 Å². The Labute approximate surface area is 277 Å². The Bertz CT molecular complexity index is 1420. The Morgan fingerprint density at radius 3 is 2.32 bits per heavy atom. The van der Waals surface area contributed by atoms with Gasteiger partial charge in [-0.05, 0) is 41.6 Å². The van der Waals surface area contributed by atoms with Crippen LogP contribution in [0.15, 0.2) is 78.9 Å². The van der Waals surface area contributed by atoms with E-state index in [1.54, 1.807) is 7.11 Å². The third-order valence-corrected chi connectivity index (χ3v) is 9.17. The van der Waals surface area contributed by atoms with Crippen molar-refractivity contribution in [3.63, 3.8) is 0 Å². The minimum atomic E-state index is -0.807. The second-order valence-corrected chi connectivity index (χ2v) is 12.4. The van der Waals surface area contributed by atoms with E-state index in [-0.39, 0.29) is 31.3 Å². The van der Waals surface area contributed by atoms with E-state index in [0.717, 1.165) is 53.7 Å². The highest BCUT2D eigenvalue weighted by atomic mass is 16.7. The largest absolute Gasteiger partial charge is 0.467 e. The number of nitrogens with zero attached hydrogens (tertiary/aromatic N) is 1. The lowest BCUT2D eigenvalue weighted by Crippen LogP contribution is -2.47. The summed E-state index contributed by atoms with van der Waals surface area (Å²) in [6.07, 6.45) is 1.74. The number of aliphatic hydroxyl groups is 1. The molecule has 0 spiro atoms. The molecule has 10 nitrogen and oxygen atoms in total. The van der Waals surface area contributed by atoms with E-state index < -0.39 is 24.3 Å².